The first-order chi connectivity index (χ1) is 14.6. The van der Waals surface area contributed by atoms with E-state index >= 15 is 0 Å². The van der Waals surface area contributed by atoms with Crippen LogP contribution in [0.15, 0.2) is 49.1 Å². The van der Waals surface area contributed by atoms with Crippen molar-refractivity contribution in [2.45, 2.75) is 6.42 Å². The van der Waals surface area contributed by atoms with Gasteiger partial charge < -0.3 is 11.1 Å². The van der Waals surface area contributed by atoms with Gasteiger partial charge >= 0.3 is 0 Å². The second-order valence-corrected chi connectivity index (χ2v) is 7.13. The lowest BCUT2D eigenvalue weighted by atomic mass is 10.0. The molecule has 0 saturated heterocycles. The Kier molecular flexibility index (Phi) is 4.10. The average Bonchev–Trinajstić information content (AvgIpc) is 3.36. The SMILES string of the molecule is N#C[C@H]1C[C@@H]1C(=O)Nc1cc2cc(-c3cnccc3-c3cc[nH]n3)nc(N)c2cn1. The molecule has 2 atom stereocenters. The van der Waals surface area contributed by atoms with E-state index in [-0.39, 0.29) is 17.7 Å². The van der Waals surface area contributed by atoms with Gasteiger partial charge in [-0.25, -0.2) is 9.97 Å². The molecule has 1 fully saturated rings. The van der Waals surface area contributed by atoms with Crippen LogP contribution in [0.1, 0.15) is 6.42 Å². The molecular weight excluding hydrogens is 380 g/mol. The Morgan fingerprint density at radius 1 is 1.23 bits per heavy atom. The Bertz CT molecular complexity index is 1310. The van der Waals surface area contributed by atoms with Crippen LogP contribution >= 0.6 is 0 Å². The number of rotatable bonds is 4. The minimum Gasteiger partial charge on any atom is -0.383 e. The van der Waals surface area contributed by atoms with Gasteiger partial charge in [0, 0.05) is 41.3 Å². The number of carbonyl (C=O) groups excluding carboxylic acids is 1. The number of nitrogens with zero attached hydrogens (tertiary/aromatic N) is 5. The molecular formula is C21H16N8O. The summed E-state index contributed by atoms with van der Waals surface area (Å²) in [5, 5.41) is 20.2. The molecule has 0 bridgehead atoms. The second kappa shape index (κ2) is 6.93. The van der Waals surface area contributed by atoms with Gasteiger partial charge in [-0.05, 0) is 36.1 Å². The molecule has 4 heterocycles. The lowest BCUT2D eigenvalue weighted by Gasteiger charge is -2.10. The molecule has 0 unspecified atom stereocenters. The number of fused-ring (bicyclic) bond motifs is 1. The fourth-order valence-electron chi connectivity index (χ4n) is 3.46. The van der Waals surface area contributed by atoms with Crippen molar-refractivity contribution < 1.29 is 4.79 Å². The Balaban J connectivity index is 1.54. The van der Waals surface area contributed by atoms with Crippen molar-refractivity contribution in [3.8, 4) is 28.6 Å². The number of aromatic amines is 1. The van der Waals surface area contributed by atoms with E-state index in [0.717, 1.165) is 22.2 Å². The fraction of sp³-hybridized carbons (Fsp3) is 0.143. The van der Waals surface area contributed by atoms with Gasteiger partial charge in [0.15, 0.2) is 0 Å². The zero-order chi connectivity index (χ0) is 20.7. The molecule has 4 aromatic rings. The maximum atomic E-state index is 12.3. The van der Waals surface area contributed by atoms with E-state index in [1.54, 1.807) is 30.9 Å². The number of anilines is 2. The van der Waals surface area contributed by atoms with E-state index in [1.807, 2.05) is 18.2 Å². The fourth-order valence-corrected chi connectivity index (χ4v) is 3.46. The van der Waals surface area contributed by atoms with Gasteiger partial charge in [0.2, 0.25) is 5.91 Å². The summed E-state index contributed by atoms with van der Waals surface area (Å²) in [6, 6.07) is 9.49. The molecule has 1 aliphatic carbocycles. The first-order valence-electron chi connectivity index (χ1n) is 9.35. The number of hydrogen-bond donors (Lipinski definition) is 3. The maximum absolute atomic E-state index is 12.3. The average molecular weight is 396 g/mol. The normalized spacial score (nSPS) is 17.4. The van der Waals surface area contributed by atoms with Crippen LogP contribution in [-0.4, -0.2) is 31.1 Å². The van der Waals surface area contributed by atoms with Gasteiger partial charge in [0.05, 0.1) is 29.3 Å². The molecule has 0 aliphatic heterocycles. The van der Waals surface area contributed by atoms with E-state index in [2.05, 4.69) is 36.5 Å². The van der Waals surface area contributed by atoms with Gasteiger partial charge in [-0.15, -0.1) is 0 Å². The zero-order valence-electron chi connectivity index (χ0n) is 15.7. The summed E-state index contributed by atoms with van der Waals surface area (Å²) in [5.41, 5.74) is 9.26. The summed E-state index contributed by atoms with van der Waals surface area (Å²) in [6.07, 6.45) is 7.34. The number of nitrogen functional groups attached to an aromatic ring is 1. The molecule has 4 aromatic heterocycles. The summed E-state index contributed by atoms with van der Waals surface area (Å²) in [7, 11) is 0. The maximum Gasteiger partial charge on any atom is 0.230 e. The van der Waals surface area contributed by atoms with Crippen LogP contribution in [0.2, 0.25) is 0 Å². The molecule has 9 nitrogen and oxygen atoms in total. The quantitative estimate of drug-likeness (QED) is 0.480. The third-order valence-electron chi connectivity index (χ3n) is 5.16. The number of H-pyrrole nitrogens is 1. The molecule has 0 radical (unpaired) electrons. The minimum absolute atomic E-state index is 0.191. The van der Waals surface area contributed by atoms with E-state index in [1.165, 1.54) is 0 Å². The minimum atomic E-state index is -0.266. The highest BCUT2D eigenvalue weighted by atomic mass is 16.2. The molecule has 9 heteroatoms. The van der Waals surface area contributed by atoms with Gasteiger partial charge in [0.25, 0.3) is 0 Å². The van der Waals surface area contributed by atoms with Crippen molar-refractivity contribution in [3.05, 3.63) is 49.1 Å². The molecule has 1 aliphatic rings. The van der Waals surface area contributed by atoms with Gasteiger partial charge in [-0.1, -0.05) is 0 Å². The summed E-state index contributed by atoms with van der Waals surface area (Å²) < 4.78 is 0. The van der Waals surface area contributed by atoms with Crippen molar-refractivity contribution in [3.63, 3.8) is 0 Å². The summed E-state index contributed by atoms with van der Waals surface area (Å²) >= 11 is 0. The van der Waals surface area contributed by atoms with Crippen molar-refractivity contribution in [1.82, 2.24) is 25.1 Å². The van der Waals surface area contributed by atoms with Crippen LogP contribution in [0.25, 0.3) is 33.3 Å². The number of nitriles is 1. The number of nitrogens with two attached hydrogens (primary N) is 1. The molecule has 4 N–H and O–H groups in total. The van der Waals surface area contributed by atoms with Gasteiger partial charge in [-0.3, -0.25) is 14.9 Å². The molecule has 30 heavy (non-hydrogen) atoms. The van der Waals surface area contributed by atoms with Crippen molar-refractivity contribution in [1.29, 1.82) is 5.26 Å². The van der Waals surface area contributed by atoms with Crippen LogP contribution in [0, 0.1) is 23.2 Å². The Hall–Kier alpha value is -4.32. The van der Waals surface area contributed by atoms with E-state index in [4.69, 9.17) is 11.0 Å². The first-order valence-corrected chi connectivity index (χ1v) is 9.35. The standard InChI is InChI=1S/C21H16N8O/c22-8-12-5-14(12)21(30)28-19-7-11-6-18(27-20(23)15(11)10-25-19)16-9-24-3-1-13(16)17-2-4-26-29-17/h1-4,6-7,9-10,12,14H,5H2,(H2,23,27)(H,26,29)(H,25,28,30)/t12-,14+/m1/s1. The molecule has 0 aromatic carbocycles. The molecule has 0 spiro atoms. The number of pyridine rings is 3. The third kappa shape index (κ3) is 3.10. The largest absolute Gasteiger partial charge is 0.383 e. The molecule has 146 valence electrons. The van der Waals surface area contributed by atoms with Gasteiger partial charge in [0.1, 0.15) is 11.6 Å². The molecule has 1 saturated carbocycles. The smallest absolute Gasteiger partial charge is 0.230 e. The van der Waals surface area contributed by atoms with Crippen molar-refractivity contribution in [2.24, 2.45) is 11.8 Å². The lowest BCUT2D eigenvalue weighted by molar-refractivity contribution is -0.117. The summed E-state index contributed by atoms with van der Waals surface area (Å²) in [5.74, 6) is 0.0758. The molecule has 5 rings (SSSR count). The number of nitrogens with one attached hydrogen (secondary N) is 2. The predicted octanol–water partition coefficient (Wildman–Crippen LogP) is 2.76. The monoisotopic (exact) mass is 396 g/mol. The number of aromatic nitrogens is 5. The van der Waals surface area contributed by atoms with Crippen LogP contribution < -0.4 is 11.1 Å². The van der Waals surface area contributed by atoms with E-state index in [0.29, 0.717) is 29.1 Å². The predicted molar refractivity (Wildman–Crippen MR) is 111 cm³/mol. The topological polar surface area (TPSA) is 146 Å². The Morgan fingerprint density at radius 2 is 2.13 bits per heavy atom. The highest BCUT2D eigenvalue weighted by molar-refractivity contribution is 5.99. The highest BCUT2D eigenvalue weighted by Gasteiger charge is 2.43. The van der Waals surface area contributed by atoms with Crippen molar-refractivity contribution >= 4 is 28.3 Å². The van der Waals surface area contributed by atoms with Crippen LogP contribution in [0.4, 0.5) is 11.6 Å². The third-order valence-corrected chi connectivity index (χ3v) is 5.16. The van der Waals surface area contributed by atoms with Crippen LogP contribution in [-0.2, 0) is 4.79 Å². The second-order valence-electron chi connectivity index (χ2n) is 7.13. The van der Waals surface area contributed by atoms with E-state index < -0.39 is 0 Å². The van der Waals surface area contributed by atoms with Crippen LogP contribution in [0.5, 0.6) is 0 Å². The summed E-state index contributed by atoms with van der Waals surface area (Å²) in [4.78, 5) is 25.3. The number of hydrogen-bond acceptors (Lipinski definition) is 7. The number of amides is 1. The van der Waals surface area contributed by atoms with Crippen molar-refractivity contribution in [2.75, 3.05) is 11.1 Å². The van der Waals surface area contributed by atoms with Crippen LogP contribution in [0.3, 0.4) is 0 Å². The lowest BCUT2D eigenvalue weighted by Crippen LogP contribution is -2.15. The summed E-state index contributed by atoms with van der Waals surface area (Å²) in [6.45, 7) is 0. The Morgan fingerprint density at radius 3 is 2.90 bits per heavy atom. The molecule has 1 amide bonds. The first kappa shape index (κ1) is 17.8. The van der Waals surface area contributed by atoms with Gasteiger partial charge in [-0.2, -0.15) is 10.4 Å². The number of carbonyl (C=O) groups is 1. The zero-order valence-corrected chi connectivity index (χ0v) is 15.7. The Labute approximate surface area is 171 Å². The highest BCUT2D eigenvalue weighted by Crippen LogP contribution is 2.38. The van der Waals surface area contributed by atoms with E-state index in [9.17, 15) is 4.79 Å².